The first kappa shape index (κ1) is 8.05. The van der Waals surface area contributed by atoms with Gasteiger partial charge in [-0.1, -0.05) is 0 Å². The van der Waals surface area contributed by atoms with Gasteiger partial charge in [0.25, 0.3) is 0 Å². The van der Waals surface area contributed by atoms with Crippen LogP contribution in [0.5, 0.6) is 0 Å². The molecular weight excluding hydrogens is 156 g/mol. The average molecular weight is 170 g/mol. The van der Waals surface area contributed by atoms with Crippen LogP contribution >= 0.6 is 0 Å². The predicted octanol–water partition coefficient (Wildman–Crippen LogP) is 1.12. The molecule has 3 atom stereocenters. The zero-order chi connectivity index (χ0) is 8.55. The van der Waals surface area contributed by atoms with Crippen molar-refractivity contribution in [3.8, 4) is 0 Å². The van der Waals surface area contributed by atoms with E-state index >= 15 is 0 Å². The summed E-state index contributed by atoms with van der Waals surface area (Å²) in [6.45, 7) is 0. The Bertz CT molecular complexity index is 190. The molecular formula is C9H14O3. The minimum atomic E-state index is -0.101. The first-order valence-electron chi connectivity index (χ1n) is 4.52. The molecule has 2 aliphatic heterocycles. The summed E-state index contributed by atoms with van der Waals surface area (Å²) < 4.78 is 10.2. The summed E-state index contributed by atoms with van der Waals surface area (Å²) in [5.41, 5.74) is 0. The molecule has 0 aromatic carbocycles. The molecule has 2 saturated heterocycles. The van der Waals surface area contributed by atoms with Crippen molar-refractivity contribution in [3.63, 3.8) is 0 Å². The summed E-state index contributed by atoms with van der Waals surface area (Å²) in [5.74, 6) is 0.326. The Balaban J connectivity index is 1.86. The highest BCUT2D eigenvalue weighted by molar-refractivity contribution is 5.69. The number of hydrogen-bond acceptors (Lipinski definition) is 3. The van der Waals surface area contributed by atoms with Crippen molar-refractivity contribution in [1.82, 2.24) is 0 Å². The summed E-state index contributed by atoms with van der Waals surface area (Å²) in [6, 6.07) is 0. The summed E-state index contributed by atoms with van der Waals surface area (Å²) >= 11 is 0. The molecule has 0 amide bonds. The van der Waals surface area contributed by atoms with Crippen LogP contribution in [0.2, 0.25) is 0 Å². The van der Waals surface area contributed by atoms with E-state index in [1.54, 1.807) is 0 Å². The van der Waals surface area contributed by atoms with Crippen LogP contribution in [0.15, 0.2) is 0 Å². The molecule has 0 spiro atoms. The first-order chi connectivity index (χ1) is 5.79. The Kier molecular flexibility index (Phi) is 2.05. The Morgan fingerprint density at radius 2 is 2.42 bits per heavy atom. The number of rotatable bonds is 2. The van der Waals surface area contributed by atoms with E-state index in [9.17, 15) is 4.79 Å². The third kappa shape index (κ3) is 1.33. The molecule has 2 heterocycles. The predicted molar refractivity (Wildman–Crippen MR) is 42.6 cm³/mol. The Hall–Kier alpha value is -0.570. The van der Waals surface area contributed by atoms with Crippen LogP contribution in [0.25, 0.3) is 0 Å². The number of fused-ring (bicyclic) bond motifs is 2. The normalized spacial score (nSPS) is 38.6. The van der Waals surface area contributed by atoms with E-state index in [-0.39, 0.29) is 5.97 Å². The van der Waals surface area contributed by atoms with Gasteiger partial charge in [-0.15, -0.1) is 0 Å². The summed E-state index contributed by atoms with van der Waals surface area (Å²) in [6.07, 6.45) is 4.69. The van der Waals surface area contributed by atoms with Gasteiger partial charge in [0.15, 0.2) is 0 Å². The number of esters is 1. The molecule has 3 nitrogen and oxygen atoms in total. The van der Waals surface area contributed by atoms with Crippen LogP contribution in [0, 0.1) is 5.92 Å². The average Bonchev–Trinajstić information content (AvgIpc) is 2.64. The molecule has 3 heteroatoms. The van der Waals surface area contributed by atoms with Gasteiger partial charge in [-0.2, -0.15) is 0 Å². The maximum atomic E-state index is 11.0. The minimum Gasteiger partial charge on any atom is -0.469 e. The highest BCUT2D eigenvalue weighted by Gasteiger charge is 2.41. The van der Waals surface area contributed by atoms with Crippen LogP contribution in [0.1, 0.15) is 25.7 Å². The van der Waals surface area contributed by atoms with Crippen molar-refractivity contribution in [2.24, 2.45) is 5.92 Å². The van der Waals surface area contributed by atoms with Crippen molar-refractivity contribution >= 4 is 5.97 Å². The van der Waals surface area contributed by atoms with Crippen LogP contribution in [0.4, 0.5) is 0 Å². The fraction of sp³-hybridized carbons (Fsp3) is 0.889. The topological polar surface area (TPSA) is 35.5 Å². The third-order valence-electron chi connectivity index (χ3n) is 2.89. The van der Waals surface area contributed by atoms with E-state index in [1.165, 1.54) is 13.5 Å². The monoisotopic (exact) mass is 170 g/mol. The Labute approximate surface area is 72.0 Å². The van der Waals surface area contributed by atoms with Crippen LogP contribution in [-0.2, 0) is 14.3 Å². The number of carbonyl (C=O) groups excluding carboxylic acids is 1. The molecule has 0 aromatic rings. The molecule has 0 saturated carbocycles. The van der Waals surface area contributed by atoms with Crippen LogP contribution in [0.3, 0.4) is 0 Å². The molecule has 2 aliphatic rings. The zero-order valence-corrected chi connectivity index (χ0v) is 7.29. The van der Waals surface area contributed by atoms with E-state index in [2.05, 4.69) is 4.74 Å². The summed E-state index contributed by atoms with van der Waals surface area (Å²) in [5, 5.41) is 0. The lowest BCUT2D eigenvalue weighted by molar-refractivity contribution is -0.142. The van der Waals surface area contributed by atoms with Gasteiger partial charge in [-0.3, -0.25) is 4.79 Å². The number of carbonyl (C=O) groups is 1. The van der Waals surface area contributed by atoms with Gasteiger partial charge in [-0.25, -0.2) is 0 Å². The van der Waals surface area contributed by atoms with Gasteiger partial charge < -0.3 is 9.47 Å². The molecule has 2 rings (SSSR count). The number of ether oxygens (including phenoxy) is 2. The maximum Gasteiger partial charge on any atom is 0.305 e. The fourth-order valence-corrected chi connectivity index (χ4v) is 2.26. The van der Waals surface area contributed by atoms with E-state index in [4.69, 9.17) is 4.74 Å². The van der Waals surface area contributed by atoms with Gasteiger partial charge in [-0.05, 0) is 25.2 Å². The minimum absolute atomic E-state index is 0.101. The molecule has 2 fully saturated rings. The Morgan fingerprint density at radius 3 is 2.92 bits per heavy atom. The quantitative estimate of drug-likeness (QED) is 0.582. The molecule has 68 valence electrons. The van der Waals surface area contributed by atoms with Crippen molar-refractivity contribution in [3.05, 3.63) is 0 Å². The van der Waals surface area contributed by atoms with Gasteiger partial charge in [0.05, 0.1) is 25.7 Å². The van der Waals surface area contributed by atoms with Crippen molar-refractivity contribution < 1.29 is 14.3 Å². The molecule has 0 radical (unpaired) electrons. The second-order valence-electron chi connectivity index (χ2n) is 3.65. The van der Waals surface area contributed by atoms with Crippen molar-refractivity contribution in [1.29, 1.82) is 0 Å². The smallest absolute Gasteiger partial charge is 0.305 e. The lowest BCUT2D eigenvalue weighted by Gasteiger charge is -2.16. The lowest BCUT2D eigenvalue weighted by Crippen LogP contribution is -2.20. The summed E-state index contributed by atoms with van der Waals surface area (Å²) in [7, 11) is 1.44. The summed E-state index contributed by atoms with van der Waals surface area (Å²) in [4.78, 5) is 11.0. The van der Waals surface area contributed by atoms with Crippen LogP contribution < -0.4 is 0 Å². The molecule has 0 aromatic heterocycles. The zero-order valence-electron chi connectivity index (χ0n) is 7.29. The van der Waals surface area contributed by atoms with Crippen molar-refractivity contribution in [2.75, 3.05) is 7.11 Å². The standard InChI is InChI=1S/C9H14O3/c1-11-9(10)5-6-4-7-2-3-8(6)12-7/h6-8H,2-5H2,1H3. The highest BCUT2D eigenvalue weighted by atomic mass is 16.5. The molecule has 3 unspecified atom stereocenters. The number of methoxy groups -OCH3 is 1. The second kappa shape index (κ2) is 3.05. The van der Waals surface area contributed by atoms with Gasteiger partial charge in [0, 0.05) is 0 Å². The Morgan fingerprint density at radius 1 is 1.58 bits per heavy atom. The highest BCUT2D eigenvalue weighted by Crippen LogP contribution is 2.40. The molecule has 2 bridgehead atoms. The first-order valence-corrected chi connectivity index (χ1v) is 4.52. The lowest BCUT2D eigenvalue weighted by atomic mass is 9.87. The van der Waals surface area contributed by atoms with Crippen LogP contribution in [-0.4, -0.2) is 25.3 Å². The molecule has 0 N–H and O–H groups in total. The van der Waals surface area contributed by atoms with E-state index < -0.39 is 0 Å². The largest absolute Gasteiger partial charge is 0.469 e. The van der Waals surface area contributed by atoms with E-state index in [0.717, 1.165) is 12.8 Å². The third-order valence-corrected chi connectivity index (χ3v) is 2.89. The van der Waals surface area contributed by atoms with E-state index in [1.807, 2.05) is 0 Å². The van der Waals surface area contributed by atoms with E-state index in [0.29, 0.717) is 24.5 Å². The fourth-order valence-electron chi connectivity index (χ4n) is 2.26. The number of hydrogen-bond donors (Lipinski definition) is 0. The molecule has 12 heavy (non-hydrogen) atoms. The maximum absolute atomic E-state index is 11.0. The second-order valence-corrected chi connectivity index (χ2v) is 3.65. The molecule has 0 aliphatic carbocycles. The van der Waals surface area contributed by atoms with Crippen molar-refractivity contribution in [2.45, 2.75) is 37.9 Å². The van der Waals surface area contributed by atoms with Gasteiger partial charge in [0.1, 0.15) is 0 Å². The van der Waals surface area contributed by atoms with Gasteiger partial charge in [0.2, 0.25) is 0 Å². The SMILES string of the molecule is COC(=O)CC1CC2CCC1O2. The van der Waals surface area contributed by atoms with Gasteiger partial charge >= 0.3 is 5.97 Å².